The Morgan fingerprint density at radius 1 is 1.26 bits per heavy atom. The predicted octanol–water partition coefficient (Wildman–Crippen LogP) is -0.241. The Kier molecular flexibility index (Phi) is 4.30. The van der Waals surface area contributed by atoms with Gasteiger partial charge in [-0.05, 0) is 24.5 Å². The van der Waals surface area contributed by atoms with Crippen LogP contribution in [0.4, 0.5) is 0 Å². The van der Waals surface area contributed by atoms with E-state index in [2.05, 4.69) is 20.3 Å². The van der Waals surface area contributed by atoms with Crippen LogP contribution in [0.1, 0.15) is 29.9 Å². The molecule has 1 atom stereocenters. The van der Waals surface area contributed by atoms with Crippen LogP contribution < -0.4 is 16.6 Å². The number of carboxylic acid groups (broad SMARTS) is 1. The maximum Gasteiger partial charge on any atom is 0.327 e. The van der Waals surface area contributed by atoms with Crippen LogP contribution in [-0.2, 0) is 4.79 Å². The first-order valence-corrected chi connectivity index (χ1v) is 6.88. The van der Waals surface area contributed by atoms with Gasteiger partial charge in [0.15, 0.2) is 0 Å². The largest absolute Gasteiger partial charge is 0.480 e. The molecule has 2 aromatic rings. The molecule has 122 valence electrons. The molecule has 23 heavy (non-hydrogen) atoms. The van der Waals surface area contributed by atoms with Gasteiger partial charge in [0.1, 0.15) is 17.4 Å². The van der Waals surface area contributed by atoms with E-state index in [9.17, 15) is 19.2 Å². The van der Waals surface area contributed by atoms with Crippen LogP contribution >= 0.6 is 0 Å². The van der Waals surface area contributed by atoms with Crippen molar-refractivity contribution in [3.8, 4) is 0 Å². The molecule has 0 saturated heterocycles. The SMILES string of the molecule is Cc1cc(C(=O)N[C@@H](C(=O)O)C(C)C)nc2[nH]c(=O)[nH]c(=O)c12. The number of aromatic amines is 2. The van der Waals surface area contributed by atoms with Crippen molar-refractivity contribution in [1.29, 1.82) is 0 Å². The fraction of sp³-hybridized carbons (Fsp3) is 0.357. The molecule has 0 bridgehead atoms. The molecule has 9 heteroatoms. The number of carbonyl (C=O) groups is 2. The second kappa shape index (κ2) is 6.03. The smallest absolute Gasteiger partial charge is 0.327 e. The summed E-state index contributed by atoms with van der Waals surface area (Å²) in [4.78, 5) is 54.8. The fourth-order valence-electron chi connectivity index (χ4n) is 2.20. The molecule has 9 nitrogen and oxygen atoms in total. The summed E-state index contributed by atoms with van der Waals surface area (Å²) >= 11 is 0. The predicted molar refractivity (Wildman–Crippen MR) is 81.4 cm³/mol. The number of amides is 1. The third-order valence-corrected chi connectivity index (χ3v) is 3.35. The van der Waals surface area contributed by atoms with E-state index in [0.29, 0.717) is 5.56 Å². The van der Waals surface area contributed by atoms with Crippen molar-refractivity contribution in [3.63, 3.8) is 0 Å². The first kappa shape index (κ1) is 16.4. The van der Waals surface area contributed by atoms with Crippen LogP contribution in [0.5, 0.6) is 0 Å². The zero-order chi connectivity index (χ0) is 17.3. The lowest BCUT2D eigenvalue weighted by atomic mass is 10.0. The molecule has 0 aromatic carbocycles. The Labute approximate surface area is 129 Å². The number of hydrogen-bond acceptors (Lipinski definition) is 5. The van der Waals surface area contributed by atoms with Crippen LogP contribution in [0.25, 0.3) is 11.0 Å². The van der Waals surface area contributed by atoms with Gasteiger partial charge in [0.05, 0.1) is 5.39 Å². The van der Waals surface area contributed by atoms with E-state index in [1.165, 1.54) is 6.07 Å². The van der Waals surface area contributed by atoms with E-state index in [1.807, 2.05) is 0 Å². The van der Waals surface area contributed by atoms with Crippen molar-refractivity contribution < 1.29 is 14.7 Å². The summed E-state index contributed by atoms with van der Waals surface area (Å²) in [6.07, 6.45) is 0. The van der Waals surface area contributed by atoms with Crippen LogP contribution in [0, 0.1) is 12.8 Å². The molecule has 0 aliphatic rings. The number of H-pyrrole nitrogens is 2. The molecular weight excluding hydrogens is 304 g/mol. The maximum atomic E-state index is 12.2. The van der Waals surface area contributed by atoms with Gasteiger partial charge >= 0.3 is 11.7 Å². The number of carboxylic acids is 1. The third kappa shape index (κ3) is 3.28. The van der Waals surface area contributed by atoms with Crippen molar-refractivity contribution in [3.05, 3.63) is 38.2 Å². The molecule has 0 spiro atoms. The van der Waals surface area contributed by atoms with Crippen LogP contribution in [0.3, 0.4) is 0 Å². The van der Waals surface area contributed by atoms with Gasteiger partial charge in [-0.25, -0.2) is 14.6 Å². The minimum absolute atomic E-state index is 0.0275. The summed E-state index contributed by atoms with van der Waals surface area (Å²) in [6, 6.07) is 0.295. The monoisotopic (exact) mass is 320 g/mol. The number of aliphatic carboxylic acids is 1. The Morgan fingerprint density at radius 3 is 2.48 bits per heavy atom. The van der Waals surface area contributed by atoms with Gasteiger partial charge in [-0.15, -0.1) is 0 Å². The number of hydrogen-bond donors (Lipinski definition) is 4. The van der Waals surface area contributed by atoms with E-state index in [4.69, 9.17) is 5.11 Å². The summed E-state index contributed by atoms with van der Waals surface area (Å²) in [5.74, 6) is -2.17. The number of fused-ring (bicyclic) bond motifs is 1. The minimum atomic E-state index is -1.16. The molecule has 0 aliphatic carbocycles. The second-order valence-electron chi connectivity index (χ2n) is 5.49. The van der Waals surface area contributed by atoms with Crippen LogP contribution in [-0.4, -0.2) is 38.0 Å². The van der Waals surface area contributed by atoms with E-state index in [0.717, 1.165) is 0 Å². The molecule has 2 aromatic heterocycles. The summed E-state index contributed by atoms with van der Waals surface area (Å²) in [6.45, 7) is 4.91. The summed E-state index contributed by atoms with van der Waals surface area (Å²) in [5, 5.41) is 11.7. The number of aryl methyl sites for hydroxylation is 1. The number of rotatable bonds is 4. The van der Waals surface area contributed by atoms with Crippen LogP contribution in [0.15, 0.2) is 15.7 Å². The summed E-state index contributed by atoms with van der Waals surface area (Å²) in [5.41, 5.74) is -1.01. The highest BCUT2D eigenvalue weighted by Crippen LogP contribution is 2.11. The van der Waals surface area contributed by atoms with Gasteiger partial charge in [-0.3, -0.25) is 19.6 Å². The zero-order valence-electron chi connectivity index (χ0n) is 12.8. The molecule has 4 N–H and O–H groups in total. The highest BCUT2D eigenvalue weighted by atomic mass is 16.4. The molecule has 0 radical (unpaired) electrons. The average molecular weight is 320 g/mol. The lowest BCUT2D eigenvalue weighted by Gasteiger charge is -2.17. The van der Waals surface area contributed by atoms with Crippen molar-refractivity contribution in [2.75, 3.05) is 0 Å². The van der Waals surface area contributed by atoms with E-state index in [-0.39, 0.29) is 22.6 Å². The quantitative estimate of drug-likeness (QED) is 0.611. The highest BCUT2D eigenvalue weighted by molar-refractivity contribution is 5.97. The molecule has 0 aliphatic heterocycles. The van der Waals surface area contributed by atoms with Gasteiger partial charge in [-0.2, -0.15) is 0 Å². The molecule has 1 amide bonds. The van der Waals surface area contributed by atoms with Gasteiger partial charge in [0.25, 0.3) is 11.5 Å². The lowest BCUT2D eigenvalue weighted by Crippen LogP contribution is -2.44. The Balaban J connectivity index is 2.48. The van der Waals surface area contributed by atoms with Gasteiger partial charge in [0.2, 0.25) is 0 Å². The Bertz CT molecular complexity index is 896. The molecule has 2 rings (SSSR count). The van der Waals surface area contributed by atoms with E-state index in [1.54, 1.807) is 20.8 Å². The van der Waals surface area contributed by atoms with Crippen LogP contribution in [0.2, 0.25) is 0 Å². The Hall–Kier alpha value is -2.97. The number of aromatic nitrogens is 3. The Morgan fingerprint density at radius 2 is 1.91 bits per heavy atom. The first-order valence-electron chi connectivity index (χ1n) is 6.88. The van der Waals surface area contributed by atoms with E-state index < -0.39 is 29.2 Å². The fourth-order valence-corrected chi connectivity index (χ4v) is 2.20. The minimum Gasteiger partial charge on any atom is -0.480 e. The lowest BCUT2D eigenvalue weighted by molar-refractivity contribution is -0.140. The number of nitrogens with zero attached hydrogens (tertiary/aromatic N) is 1. The summed E-state index contributed by atoms with van der Waals surface area (Å²) in [7, 11) is 0. The van der Waals surface area contributed by atoms with Crippen molar-refractivity contribution in [1.82, 2.24) is 20.3 Å². The zero-order valence-corrected chi connectivity index (χ0v) is 12.8. The molecule has 0 saturated carbocycles. The van der Waals surface area contributed by atoms with E-state index >= 15 is 0 Å². The van der Waals surface area contributed by atoms with Crippen molar-refractivity contribution in [2.24, 2.45) is 5.92 Å². The normalized spacial score (nSPS) is 12.3. The summed E-state index contributed by atoms with van der Waals surface area (Å²) < 4.78 is 0. The first-order chi connectivity index (χ1) is 10.7. The van der Waals surface area contributed by atoms with Gasteiger partial charge in [0, 0.05) is 0 Å². The molecule has 0 unspecified atom stereocenters. The molecule has 0 fully saturated rings. The van der Waals surface area contributed by atoms with Crippen molar-refractivity contribution >= 4 is 22.9 Å². The van der Waals surface area contributed by atoms with Gasteiger partial charge < -0.3 is 10.4 Å². The average Bonchev–Trinajstić information content (AvgIpc) is 2.42. The standard InChI is InChI=1S/C14H16N4O5/c1-5(2)9(13(21)22)16-11(19)7-4-6(3)8-10(15-7)17-14(23)18-12(8)20/h4-5,9H,1-3H3,(H,16,19)(H,21,22)(H2,15,17,18,20,23)/t9-/m1/s1. The van der Waals surface area contributed by atoms with Crippen molar-refractivity contribution in [2.45, 2.75) is 26.8 Å². The highest BCUT2D eigenvalue weighted by Gasteiger charge is 2.25. The molecular formula is C14H16N4O5. The topological polar surface area (TPSA) is 145 Å². The third-order valence-electron chi connectivity index (χ3n) is 3.35. The number of nitrogens with one attached hydrogen (secondary N) is 3. The molecule has 2 heterocycles. The number of carbonyl (C=O) groups excluding carboxylic acids is 1. The second-order valence-corrected chi connectivity index (χ2v) is 5.49. The maximum absolute atomic E-state index is 12.2. The number of pyridine rings is 1. The van der Waals surface area contributed by atoms with Gasteiger partial charge in [-0.1, -0.05) is 13.8 Å².